The average Bonchev–Trinajstić information content (AvgIpc) is 3.47. The zero-order chi connectivity index (χ0) is 27.0. The highest BCUT2D eigenvalue weighted by atomic mass is 19.3. The van der Waals surface area contributed by atoms with Crippen LogP contribution in [-0.2, 0) is 9.53 Å². The van der Waals surface area contributed by atoms with Gasteiger partial charge in [0.15, 0.2) is 6.17 Å². The SMILES string of the molecule is CC(C)(C)OC(=O)N1CC[C@H](Oc2ccc(-c3ccnc(NC(=O)C4CC4(F)F)c3)cc2C#N)[C@H](F)C1. The summed E-state index contributed by atoms with van der Waals surface area (Å²) < 4.78 is 52.3. The van der Waals surface area contributed by atoms with Crippen LogP contribution in [0.15, 0.2) is 36.5 Å². The van der Waals surface area contributed by atoms with E-state index in [9.17, 15) is 28.0 Å². The number of carbonyl (C=O) groups is 2. The van der Waals surface area contributed by atoms with Gasteiger partial charge in [-0.3, -0.25) is 4.79 Å². The van der Waals surface area contributed by atoms with Crippen LogP contribution in [0.5, 0.6) is 5.75 Å². The third kappa shape index (κ3) is 6.31. The molecule has 8 nitrogen and oxygen atoms in total. The van der Waals surface area contributed by atoms with Gasteiger partial charge in [0.25, 0.3) is 5.92 Å². The van der Waals surface area contributed by atoms with Gasteiger partial charge in [0.2, 0.25) is 5.91 Å². The van der Waals surface area contributed by atoms with Gasteiger partial charge in [-0.1, -0.05) is 6.07 Å². The molecular weight excluding hydrogens is 489 g/mol. The van der Waals surface area contributed by atoms with Crippen molar-refractivity contribution in [3.05, 3.63) is 42.1 Å². The number of nitrogens with one attached hydrogen (secondary N) is 1. The first-order valence-electron chi connectivity index (χ1n) is 11.8. The fourth-order valence-electron chi connectivity index (χ4n) is 3.96. The van der Waals surface area contributed by atoms with E-state index in [2.05, 4.69) is 10.3 Å². The van der Waals surface area contributed by atoms with Gasteiger partial charge in [0.05, 0.1) is 12.1 Å². The van der Waals surface area contributed by atoms with Gasteiger partial charge in [-0.25, -0.2) is 22.9 Å². The van der Waals surface area contributed by atoms with Gasteiger partial charge in [-0.2, -0.15) is 5.26 Å². The number of hydrogen-bond acceptors (Lipinski definition) is 6. The predicted molar refractivity (Wildman–Crippen MR) is 128 cm³/mol. The molecule has 1 N–H and O–H groups in total. The number of likely N-dealkylation sites (tertiary alicyclic amines) is 1. The van der Waals surface area contributed by atoms with Crippen molar-refractivity contribution < 1.29 is 32.2 Å². The molecule has 2 aliphatic rings. The molecule has 196 valence electrons. The largest absolute Gasteiger partial charge is 0.486 e. The molecule has 0 spiro atoms. The number of benzene rings is 1. The van der Waals surface area contributed by atoms with Gasteiger partial charge >= 0.3 is 6.09 Å². The Morgan fingerprint density at radius 1 is 1.22 bits per heavy atom. The highest BCUT2D eigenvalue weighted by Gasteiger charge is 2.61. The van der Waals surface area contributed by atoms with Crippen LogP contribution >= 0.6 is 0 Å². The first kappa shape index (κ1) is 26.3. The van der Waals surface area contributed by atoms with E-state index in [-0.39, 0.29) is 36.6 Å². The van der Waals surface area contributed by atoms with Crippen LogP contribution in [0.1, 0.15) is 39.2 Å². The quantitative estimate of drug-likeness (QED) is 0.604. The Balaban J connectivity index is 1.42. The summed E-state index contributed by atoms with van der Waals surface area (Å²) in [6, 6.07) is 9.95. The number of hydrogen-bond donors (Lipinski definition) is 1. The molecule has 1 aliphatic carbocycles. The second-order valence-electron chi connectivity index (χ2n) is 10.1. The van der Waals surface area contributed by atoms with Crippen LogP contribution in [-0.4, -0.2) is 58.8 Å². The van der Waals surface area contributed by atoms with Crippen LogP contribution in [0, 0.1) is 17.2 Å². The lowest BCUT2D eigenvalue weighted by Gasteiger charge is -2.35. The van der Waals surface area contributed by atoms with Crippen molar-refractivity contribution in [1.29, 1.82) is 5.26 Å². The van der Waals surface area contributed by atoms with Crippen molar-refractivity contribution in [2.24, 2.45) is 5.92 Å². The average molecular weight is 517 g/mol. The maximum atomic E-state index is 14.9. The molecule has 2 heterocycles. The van der Waals surface area contributed by atoms with E-state index in [1.54, 1.807) is 45.0 Å². The lowest BCUT2D eigenvalue weighted by molar-refractivity contribution is -0.119. The minimum Gasteiger partial charge on any atom is -0.486 e. The molecule has 1 saturated heterocycles. The number of carbonyl (C=O) groups excluding carboxylic acids is 2. The van der Waals surface area contributed by atoms with E-state index < -0.39 is 48.1 Å². The van der Waals surface area contributed by atoms with Crippen LogP contribution in [0.2, 0.25) is 0 Å². The number of amides is 2. The number of nitrogens with zero attached hydrogens (tertiary/aromatic N) is 3. The molecule has 0 radical (unpaired) electrons. The Kier molecular flexibility index (Phi) is 7.04. The molecule has 11 heteroatoms. The second-order valence-corrected chi connectivity index (χ2v) is 10.1. The Morgan fingerprint density at radius 2 is 1.92 bits per heavy atom. The summed E-state index contributed by atoms with van der Waals surface area (Å²) in [6.07, 6.45) is -1.75. The predicted octanol–water partition coefficient (Wildman–Crippen LogP) is 4.94. The van der Waals surface area contributed by atoms with Crippen molar-refractivity contribution in [3.63, 3.8) is 0 Å². The molecule has 2 fully saturated rings. The Bertz CT molecular complexity index is 1240. The Hall–Kier alpha value is -3.81. The molecule has 2 amide bonds. The molecule has 1 aliphatic heterocycles. The number of aromatic nitrogens is 1. The van der Waals surface area contributed by atoms with E-state index >= 15 is 0 Å². The minimum absolute atomic E-state index is 0.112. The molecule has 2 aromatic rings. The molecule has 4 rings (SSSR count). The lowest BCUT2D eigenvalue weighted by atomic mass is 10.0. The molecule has 1 aromatic heterocycles. The van der Waals surface area contributed by atoms with Crippen molar-refractivity contribution >= 4 is 17.8 Å². The summed E-state index contributed by atoms with van der Waals surface area (Å²) in [4.78, 5) is 29.5. The van der Waals surface area contributed by atoms with Crippen LogP contribution in [0.4, 0.5) is 23.8 Å². The van der Waals surface area contributed by atoms with Gasteiger partial charge in [-0.15, -0.1) is 0 Å². The van der Waals surface area contributed by atoms with E-state index in [1.807, 2.05) is 6.07 Å². The van der Waals surface area contributed by atoms with Crippen LogP contribution in [0.3, 0.4) is 0 Å². The standard InChI is InChI=1S/C26H27F3N4O4/c1-25(2,3)37-24(35)33-9-7-21(19(27)14-33)36-20-5-4-15(10-17(20)13-30)16-6-8-31-22(11-16)32-23(34)18-12-26(18,28)29/h4-6,8,10-11,18-19,21H,7,9,12,14H2,1-3H3,(H,31,32,34)/t18?,19-,21+/m1/s1. The van der Waals surface area contributed by atoms with Crippen molar-refractivity contribution in [2.75, 3.05) is 18.4 Å². The normalized spacial score (nSPS) is 22.5. The smallest absolute Gasteiger partial charge is 0.410 e. The molecule has 1 unspecified atom stereocenters. The van der Waals surface area contributed by atoms with Gasteiger partial charge < -0.3 is 19.7 Å². The lowest BCUT2D eigenvalue weighted by Crippen LogP contribution is -2.50. The van der Waals surface area contributed by atoms with Gasteiger partial charge in [0, 0.05) is 25.6 Å². The topological polar surface area (TPSA) is 105 Å². The number of anilines is 1. The van der Waals surface area contributed by atoms with Crippen molar-refractivity contribution in [3.8, 4) is 22.9 Å². The first-order chi connectivity index (χ1) is 17.4. The second kappa shape index (κ2) is 9.92. The van der Waals surface area contributed by atoms with E-state index in [0.29, 0.717) is 11.1 Å². The van der Waals surface area contributed by atoms with Crippen LogP contribution < -0.4 is 10.1 Å². The summed E-state index contributed by atoms with van der Waals surface area (Å²) in [5, 5.41) is 12.1. The summed E-state index contributed by atoms with van der Waals surface area (Å²) in [5.74, 6) is -4.82. The summed E-state index contributed by atoms with van der Waals surface area (Å²) in [6.45, 7) is 5.27. The van der Waals surface area contributed by atoms with Gasteiger partial charge in [0.1, 0.15) is 35.3 Å². The summed E-state index contributed by atoms with van der Waals surface area (Å²) >= 11 is 0. The molecular formula is C26H27F3N4O4. The zero-order valence-corrected chi connectivity index (χ0v) is 20.6. The van der Waals surface area contributed by atoms with Crippen molar-refractivity contribution in [2.45, 2.75) is 57.4 Å². The molecule has 3 atom stereocenters. The highest BCUT2D eigenvalue weighted by Crippen LogP contribution is 2.49. The molecule has 0 bridgehead atoms. The third-order valence-electron chi connectivity index (χ3n) is 6.00. The number of pyridine rings is 1. The zero-order valence-electron chi connectivity index (χ0n) is 20.6. The molecule has 1 saturated carbocycles. The number of piperidine rings is 1. The van der Waals surface area contributed by atoms with E-state index in [0.717, 1.165) is 0 Å². The number of rotatable bonds is 5. The molecule has 1 aromatic carbocycles. The third-order valence-corrected chi connectivity index (χ3v) is 6.00. The summed E-state index contributed by atoms with van der Waals surface area (Å²) in [5.41, 5.74) is 0.659. The first-order valence-corrected chi connectivity index (χ1v) is 11.8. The van der Waals surface area contributed by atoms with E-state index in [1.165, 1.54) is 17.2 Å². The maximum Gasteiger partial charge on any atom is 0.410 e. The fourth-order valence-corrected chi connectivity index (χ4v) is 3.96. The number of halogens is 3. The number of alkyl halides is 3. The maximum absolute atomic E-state index is 14.9. The minimum atomic E-state index is -2.98. The fraction of sp³-hybridized carbons (Fsp3) is 0.462. The Labute approximate surface area is 212 Å². The van der Waals surface area contributed by atoms with Crippen molar-refractivity contribution in [1.82, 2.24) is 9.88 Å². The number of ether oxygens (including phenoxy) is 2. The highest BCUT2D eigenvalue weighted by molar-refractivity contribution is 5.95. The Morgan fingerprint density at radius 3 is 2.54 bits per heavy atom. The number of nitriles is 1. The monoisotopic (exact) mass is 516 g/mol. The molecule has 37 heavy (non-hydrogen) atoms. The summed E-state index contributed by atoms with van der Waals surface area (Å²) in [7, 11) is 0. The van der Waals surface area contributed by atoms with Crippen LogP contribution in [0.25, 0.3) is 11.1 Å². The van der Waals surface area contributed by atoms with Gasteiger partial charge in [-0.05, 0) is 56.2 Å². The van der Waals surface area contributed by atoms with E-state index in [4.69, 9.17) is 9.47 Å².